The zero-order valence-electron chi connectivity index (χ0n) is 13.4. The predicted molar refractivity (Wildman–Crippen MR) is 93.2 cm³/mol. The van der Waals surface area contributed by atoms with E-state index in [9.17, 15) is 4.39 Å². The number of halogens is 1. The first-order valence-electron chi connectivity index (χ1n) is 8.24. The van der Waals surface area contributed by atoms with Gasteiger partial charge in [-0.25, -0.2) is 4.39 Å². The van der Waals surface area contributed by atoms with Crippen LogP contribution in [-0.4, -0.2) is 43.7 Å². The Morgan fingerprint density at radius 1 is 0.913 bits per heavy atom. The number of para-hydroxylation sites is 1. The highest BCUT2D eigenvalue weighted by Gasteiger charge is 2.20. The number of hydrogen-bond donors (Lipinski definition) is 1. The van der Waals surface area contributed by atoms with Gasteiger partial charge in [0.05, 0.1) is 5.69 Å². The summed E-state index contributed by atoms with van der Waals surface area (Å²) in [5.41, 5.74) is 8.28. The van der Waals surface area contributed by atoms with E-state index in [0.717, 1.165) is 39.1 Å². The van der Waals surface area contributed by atoms with Gasteiger partial charge in [0.2, 0.25) is 0 Å². The molecular formula is C19H24FN3. The first-order chi connectivity index (χ1) is 11.2. The van der Waals surface area contributed by atoms with E-state index in [4.69, 9.17) is 5.73 Å². The summed E-state index contributed by atoms with van der Waals surface area (Å²) in [6, 6.07) is 17.5. The monoisotopic (exact) mass is 313 g/mol. The molecule has 0 radical (unpaired) electrons. The number of anilines is 1. The van der Waals surface area contributed by atoms with Crippen molar-refractivity contribution in [2.24, 2.45) is 5.73 Å². The van der Waals surface area contributed by atoms with E-state index in [-0.39, 0.29) is 11.9 Å². The summed E-state index contributed by atoms with van der Waals surface area (Å²) in [6.45, 7) is 4.44. The topological polar surface area (TPSA) is 32.5 Å². The molecule has 2 aromatic carbocycles. The zero-order chi connectivity index (χ0) is 16.1. The number of nitrogens with two attached hydrogens (primary N) is 1. The predicted octanol–water partition coefficient (Wildman–Crippen LogP) is 2.52. The van der Waals surface area contributed by atoms with Crippen LogP contribution in [0.3, 0.4) is 0 Å². The maximum Gasteiger partial charge on any atom is 0.146 e. The molecule has 0 unspecified atom stereocenters. The van der Waals surface area contributed by atoms with Crippen LogP contribution in [0.15, 0.2) is 54.6 Å². The van der Waals surface area contributed by atoms with Crippen molar-refractivity contribution >= 4 is 5.69 Å². The zero-order valence-corrected chi connectivity index (χ0v) is 13.4. The minimum absolute atomic E-state index is 0.136. The molecule has 1 heterocycles. The quantitative estimate of drug-likeness (QED) is 0.920. The number of benzene rings is 2. The third-order valence-electron chi connectivity index (χ3n) is 4.40. The van der Waals surface area contributed by atoms with Crippen molar-refractivity contribution < 1.29 is 4.39 Å². The van der Waals surface area contributed by atoms with Crippen LogP contribution >= 0.6 is 0 Å². The van der Waals surface area contributed by atoms with Crippen LogP contribution in [0.25, 0.3) is 0 Å². The lowest BCUT2D eigenvalue weighted by atomic mass is 10.1. The molecule has 0 aromatic heterocycles. The lowest BCUT2D eigenvalue weighted by molar-refractivity contribution is 0.241. The van der Waals surface area contributed by atoms with Crippen molar-refractivity contribution in [1.29, 1.82) is 0 Å². The molecule has 1 saturated heterocycles. The van der Waals surface area contributed by atoms with Crippen LogP contribution in [0.1, 0.15) is 5.56 Å². The third kappa shape index (κ3) is 4.30. The number of piperazine rings is 1. The molecule has 2 N–H and O–H groups in total. The van der Waals surface area contributed by atoms with E-state index in [0.29, 0.717) is 5.69 Å². The highest BCUT2D eigenvalue weighted by molar-refractivity contribution is 5.48. The van der Waals surface area contributed by atoms with Crippen molar-refractivity contribution in [3.63, 3.8) is 0 Å². The van der Waals surface area contributed by atoms with Gasteiger partial charge >= 0.3 is 0 Å². The maximum absolute atomic E-state index is 13.8. The molecule has 1 fully saturated rings. The molecule has 0 bridgehead atoms. The smallest absolute Gasteiger partial charge is 0.146 e. The molecule has 0 aliphatic carbocycles. The summed E-state index contributed by atoms with van der Waals surface area (Å²) in [4.78, 5) is 4.50. The van der Waals surface area contributed by atoms with Gasteiger partial charge in [-0.15, -0.1) is 0 Å². The minimum Gasteiger partial charge on any atom is -0.367 e. The highest BCUT2D eigenvalue weighted by Crippen LogP contribution is 2.20. The first-order valence-corrected chi connectivity index (χ1v) is 8.24. The second kappa shape index (κ2) is 7.57. The Kier molecular flexibility index (Phi) is 5.26. The van der Waals surface area contributed by atoms with E-state index in [1.807, 2.05) is 18.2 Å². The largest absolute Gasteiger partial charge is 0.367 e. The summed E-state index contributed by atoms with van der Waals surface area (Å²) in [5.74, 6) is -0.137. The molecular weight excluding hydrogens is 289 g/mol. The molecule has 4 heteroatoms. The summed E-state index contributed by atoms with van der Waals surface area (Å²) in [5, 5.41) is 0. The van der Waals surface area contributed by atoms with E-state index in [1.54, 1.807) is 6.07 Å². The van der Waals surface area contributed by atoms with Crippen molar-refractivity contribution in [2.75, 3.05) is 37.6 Å². The van der Waals surface area contributed by atoms with Crippen molar-refractivity contribution in [3.05, 3.63) is 66.0 Å². The lowest BCUT2D eigenvalue weighted by Gasteiger charge is -2.37. The Hall–Kier alpha value is -1.91. The molecule has 1 atom stereocenters. The van der Waals surface area contributed by atoms with Gasteiger partial charge in [-0.3, -0.25) is 4.90 Å². The van der Waals surface area contributed by atoms with Crippen LogP contribution in [-0.2, 0) is 6.42 Å². The van der Waals surface area contributed by atoms with Gasteiger partial charge in [-0.1, -0.05) is 42.5 Å². The average molecular weight is 313 g/mol. The Labute approximate surface area is 137 Å². The molecule has 1 aliphatic rings. The number of rotatable bonds is 5. The van der Waals surface area contributed by atoms with E-state index in [1.165, 1.54) is 11.6 Å². The fourth-order valence-electron chi connectivity index (χ4n) is 3.19. The van der Waals surface area contributed by atoms with Crippen LogP contribution in [0, 0.1) is 5.82 Å². The maximum atomic E-state index is 13.8. The molecule has 3 nitrogen and oxygen atoms in total. The molecule has 23 heavy (non-hydrogen) atoms. The molecule has 1 aliphatic heterocycles. The molecule has 0 amide bonds. The van der Waals surface area contributed by atoms with Gasteiger partial charge < -0.3 is 10.6 Å². The fourth-order valence-corrected chi connectivity index (χ4v) is 3.19. The Morgan fingerprint density at radius 3 is 2.26 bits per heavy atom. The van der Waals surface area contributed by atoms with Crippen LogP contribution in [0.4, 0.5) is 10.1 Å². The SMILES string of the molecule is N[C@@H](Cc1ccccc1)CN1CCN(c2ccccc2F)CC1. The van der Waals surface area contributed by atoms with E-state index in [2.05, 4.69) is 34.1 Å². The lowest BCUT2D eigenvalue weighted by Crippen LogP contribution is -2.50. The molecule has 0 saturated carbocycles. The van der Waals surface area contributed by atoms with Crippen LogP contribution < -0.4 is 10.6 Å². The molecule has 2 aromatic rings. The van der Waals surface area contributed by atoms with E-state index < -0.39 is 0 Å². The summed E-state index contributed by atoms with van der Waals surface area (Å²) in [7, 11) is 0. The molecule has 3 rings (SSSR count). The van der Waals surface area contributed by atoms with Gasteiger partial charge in [0.15, 0.2) is 0 Å². The number of hydrogen-bond acceptors (Lipinski definition) is 3. The second-order valence-corrected chi connectivity index (χ2v) is 6.19. The summed E-state index contributed by atoms with van der Waals surface area (Å²) in [6.07, 6.45) is 0.897. The standard InChI is InChI=1S/C19H24FN3/c20-18-8-4-5-9-19(18)23-12-10-22(11-13-23)15-17(21)14-16-6-2-1-3-7-16/h1-9,17H,10-15,21H2/t17-/m0/s1. The molecule has 0 spiro atoms. The second-order valence-electron chi connectivity index (χ2n) is 6.19. The van der Waals surface area contributed by atoms with E-state index >= 15 is 0 Å². The Morgan fingerprint density at radius 2 is 1.57 bits per heavy atom. The van der Waals surface area contributed by atoms with Crippen molar-refractivity contribution in [1.82, 2.24) is 4.90 Å². The average Bonchev–Trinajstić information content (AvgIpc) is 2.57. The van der Waals surface area contributed by atoms with Crippen LogP contribution in [0.5, 0.6) is 0 Å². The minimum atomic E-state index is -0.137. The summed E-state index contributed by atoms with van der Waals surface area (Å²) < 4.78 is 13.8. The van der Waals surface area contributed by atoms with Crippen molar-refractivity contribution in [3.8, 4) is 0 Å². The molecule has 122 valence electrons. The normalized spacial score (nSPS) is 17.2. The number of nitrogens with zero attached hydrogens (tertiary/aromatic N) is 2. The third-order valence-corrected chi connectivity index (χ3v) is 4.40. The highest BCUT2D eigenvalue weighted by atomic mass is 19.1. The van der Waals surface area contributed by atoms with Crippen LogP contribution in [0.2, 0.25) is 0 Å². The van der Waals surface area contributed by atoms with Gasteiger partial charge in [-0.2, -0.15) is 0 Å². The summed E-state index contributed by atoms with van der Waals surface area (Å²) >= 11 is 0. The van der Waals surface area contributed by atoms with Gasteiger partial charge in [0.25, 0.3) is 0 Å². The Balaban J connectivity index is 1.48. The van der Waals surface area contributed by atoms with Gasteiger partial charge in [-0.05, 0) is 24.1 Å². The van der Waals surface area contributed by atoms with Crippen molar-refractivity contribution in [2.45, 2.75) is 12.5 Å². The Bertz CT molecular complexity index is 609. The van der Waals surface area contributed by atoms with Gasteiger partial charge in [0, 0.05) is 38.8 Å². The fraction of sp³-hybridized carbons (Fsp3) is 0.368. The first kappa shape index (κ1) is 16.0. The van der Waals surface area contributed by atoms with Gasteiger partial charge in [0.1, 0.15) is 5.82 Å².